The molecule has 0 saturated carbocycles. The van der Waals surface area contributed by atoms with E-state index in [-0.39, 0.29) is 19.4 Å². The van der Waals surface area contributed by atoms with Gasteiger partial charge in [0.15, 0.2) is 6.10 Å². The van der Waals surface area contributed by atoms with E-state index in [1.54, 1.807) is 0 Å². The van der Waals surface area contributed by atoms with E-state index in [4.69, 9.17) is 23.6 Å². The SMILES string of the molecule is CCCCCCCCCCCCCCCCCCCCCCCCCC(=O)OC[C@@H](COP(=O)(O)OC[C@H](O)CO)OC(=O)CCCCCCCCCCCCC. The first-order valence-corrected chi connectivity index (χ1v) is 25.5. The molecule has 0 fully saturated rings. The third-order valence-corrected chi connectivity index (χ3v) is 11.7. The van der Waals surface area contributed by atoms with Gasteiger partial charge in [-0.2, -0.15) is 0 Å². The highest BCUT2D eigenvalue weighted by molar-refractivity contribution is 7.47. The van der Waals surface area contributed by atoms with Crippen molar-refractivity contribution < 1.29 is 47.8 Å². The van der Waals surface area contributed by atoms with Gasteiger partial charge < -0.3 is 24.6 Å². The molecule has 0 radical (unpaired) electrons. The Morgan fingerprint density at radius 3 is 1.09 bits per heavy atom. The molecule has 0 aromatic rings. The molecule has 0 spiro atoms. The Hall–Kier alpha value is -1.03. The second kappa shape index (κ2) is 43.1. The Kier molecular flexibility index (Phi) is 42.3. The van der Waals surface area contributed by atoms with Crippen LogP contribution in [0.1, 0.15) is 245 Å². The third kappa shape index (κ3) is 42.9. The van der Waals surface area contributed by atoms with Gasteiger partial charge in [0.2, 0.25) is 0 Å². The van der Waals surface area contributed by atoms with Crippen LogP contribution in [0.3, 0.4) is 0 Å². The van der Waals surface area contributed by atoms with Gasteiger partial charge >= 0.3 is 19.8 Å². The normalized spacial score (nSPS) is 13.7. The molecule has 11 heteroatoms. The van der Waals surface area contributed by atoms with Crippen LogP contribution in [0.25, 0.3) is 0 Å². The molecule has 3 N–H and O–H groups in total. The Morgan fingerprint density at radius 2 is 0.754 bits per heavy atom. The summed E-state index contributed by atoms with van der Waals surface area (Å²) < 4.78 is 32.7. The summed E-state index contributed by atoms with van der Waals surface area (Å²) in [6.45, 7) is 2.42. The first kappa shape index (κ1) is 56.0. The topological polar surface area (TPSA) is 149 Å². The molecule has 0 saturated heterocycles. The second-order valence-electron chi connectivity index (χ2n) is 16.5. The number of unbranched alkanes of at least 4 members (excludes halogenated alkanes) is 32. The first-order chi connectivity index (χ1) is 27.7. The molecule has 0 aliphatic heterocycles. The molecule has 3 atom stereocenters. The molecule has 0 aliphatic carbocycles. The van der Waals surface area contributed by atoms with Crippen molar-refractivity contribution in [3.63, 3.8) is 0 Å². The van der Waals surface area contributed by atoms with Gasteiger partial charge in [-0.05, 0) is 12.8 Å². The monoisotopic (exact) mass is 835 g/mol. The number of aliphatic hydroxyl groups is 2. The number of phosphoric ester groups is 1. The molecule has 57 heavy (non-hydrogen) atoms. The predicted molar refractivity (Wildman–Crippen MR) is 233 cm³/mol. The lowest BCUT2D eigenvalue weighted by Gasteiger charge is -2.20. The maximum Gasteiger partial charge on any atom is 0.472 e. The predicted octanol–water partition coefficient (Wildman–Crippen LogP) is 13.0. The Labute approximate surface area is 350 Å². The number of carbonyl (C=O) groups is 2. The van der Waals surface area contributed by atoms with Crippen LogP contribution in [0.2, 0.25) is 0 Å². The highest BCUT2D eigenvalue weighted by Crippen LogP contribution is 2.43. The molecule has 1 unspecified atom stereocenters. The van der Waals surface area contributed by atoms with E-state index < -0.39 is 51.8 Å². The highest BCUT2D eigenvalue weighted by atomic mass is 31.2. The summed E-state index contributed by atoms with van der Waals surface area (Å²) in [5.41, 5.74) is 0. The van der Waals surface area contributed by atoms with E-state index in [9.17, 15) is 24.2 Å². The third-order valence-electron chi connectivity index (χ3n) is 10.8. The molecule has 0 amide bonds. The zero-order valence-corrected chi connectivity index (χ0v) is 38.0. The highest BCUT2D eigenvalue weighted by Gasteiger charge is 2.27. The number of hydrogen-bond acceptors (Lipinski definition) is 9. The molecule has 0 heterocycles. The zero-order valence-electron chi connectivity index (χ0n) is 37.1. The lowest BCUT2D eigenvalue weighted by atomic mass is 10.0. The molecule has 0 aliphatic rings. The van der Waals surface area contributed by atoms with E-state index in [1.165, 1.54) is 173 Å². The number of ether oxygens (including phenoxy) is 2. The van der Waals surface area contributed by atoms with Crippen LogP contribution in [0, 0.1) is 0 Å². The Balaban J connectivity index is 4.06. The zero-order chi connectivity index (χ0) is 41.9. The average Bonchev–Trinajstić information content (AvgIpc) is 3.20. The van der Waals surface area contributed by atoms with Gasteiger partial charge in [0, 0.05) is 12.8 Å². The molecule has 0 bridgehead atoms. The fraction of sp³-hybridized carbons (Fsp3) is 0.957. The molecule has 10 nitrogen and oxygen atoms in total. The molecule has 0 aromatic heterocycles. The van der Waals surface area contributed by atoms with Crippen LogP contribution in [0.5, 0.6) is 0 Å². The van der Waals surface area contributed by atoms with E-state index in [2.05, 4.69) is 13.8 Å². The summed E-state index contributed by atoms with van der Waals surface area (Å²) in [6.07, 6.45) is 40.8. The van der Waals surface area contributed by atoms with Gasteiger partial charge in [0.1, 0.15) is 12.7 Å². The maximum atomic E-state index is 12.6. The van der Waals surface area contributed by atoms with Crippen molar-refractivity contribution in [3.05, 3.63) is 0 Å². The minimum Gasteiger partial charge on any atom is -0.462 e. The van der Waals surface area contributed by atoms with Gasteiger partial charge in [-0.25, -0.2) is 4.57 Å². The van der Waals surface area contributed by atoms with Crippen molar-refractivity contribution in [3.8, 4) is 0 Å². The fourth-order valence-corrected chi connectivity index (χ4v) is 7.84. The van der Waals surface area contributed by atoms with Crippen LogP contribution in [0.4, 0.5) is 0 Å². The van der Waals surface area contributed by atoms with Crippen molar-refractivity contribution in [1.82, 2.24) is 0 Å². The number of carbonyl (C=O) groups excluding carboxylic acids is 2. The largest absolute Gasteiger partial charge is 0.472 e. The lowest BCUT2D eigenvalue weighted by Crippen LogP contribution is -2.29. The van der Waals surface area contributed by atoms with Crippen LogP contribution in [-0.4, -0.2) is 65.7 Å². The molecule has 0 aromatic carbocycles. The summed E-state index contributed by atoms with van der Waals surface area (Å²) in [5.74, 6) is -0.908. The van der Waals surface area contributed by atoms with Crippen molar-refractivity contribution in [2.24, 2.45) is 0 Å². The minimum absolute atomic E-state index is 0.191. The summed E-state index contributed by atoms with van der Waals surface area (Å²) in [7, 11) is -4.61. The Morgan fingerprint density at radius 1 is 0.456 bits per heavy atom. The average molecular weight is 835 g/mol. The van der Waals surface area contributed by atoms with Gasteiger partial charge in [0.25, 0.3) is 0 Å². The van der Waals surface area contributed by atoms with E-state index in [1.807, 2.05) is 0 Å². The number of esters is 2. The van der Waals surface area contributed by atoms with Crippen LogP contribution in [0.15, 0.2) is 0 Å². The number of aliphatic hydroxyl groups excluding tert-OH is 2. The minimum atomic E-state index is -4.61. The van der Waals surface area contributed by atoms with Crippen LogP contribution in [-0.2, 0) is 32.7 Å². The van der Waals surface area contributed by atoms with Crippen LogP contribution < -0.4 is 0 Å². The summed E-state index contributed by atoms with van der Waals surface area (Å²) in [5, 5.41) is 18.3. The lowest BCUT2D eigenvalue weighted by molar-refractivity contribution is -0.161. The quantitative estimate of drug-likeness (QED) is 0.0307. The van der Waals surface area contributed by atoms with E-state index in [0.717, 1.165) is 32.1 Å². The summed E-state index contributed by atoms with van der Waals surface area (Å²) in [4.78, 5) is 35.0. The smallest absolute Gasteiger partial charge is 0.462 e. The first-order valence-electron chi connectivity index (χ1n) is 24.0. The van der Waals surface area contributed by atoms with Crippen molar-refractivity contribution in [1.29, 1.82) is 0 Å². The van der Waals surface area contributed by atoms with E-state index in [0.29, 0.717) is 12.8 Å². The van der Waals surface area contributed by atoms with Crippen molar-refractivity contribution in [2.75, 3.05) is 26.4 Å². The van der Waals surface area contributed by atoms with Gasteiger partial charge in [-0.1, -0.05) is 219 Å². The molecule has 0 rings (SSSR count). The number of hydrogen-bond donors (Lipinski definition) is 3. The van der Waals surface area contributed by atoms with Crippen molar-refractivity contribution >= 4 is 19.8 Å². The summed E-state index contributed by atoms with van der Waals surface area (Å²) in [6, 6.07) is 0. The molecule has 340 valence electrons. The second-order valence-corrected chi connectivity index (χ2v) is 18.0. The fourth-order valence-electron chi connectivity index (χ4n) is 7.05. The molecular formula is C46H91O10P. The standard InChI is InChI=1S/C46H91O10P/c1-3-5-7-9-11-13-15-16-17-18-19-20-21-22-23-24-25-26-28-29-31-33-35-37-45(49)53-41-44(42-55-57(51,52)54-40-43(48)39-47)56-46(50)38-36-34-32-30-27-14-12-10-8-6-4-2/h43-44,47-48H,3-42H2,1-2H3,(H,51,52)/t43-,44+/m1/s1. The Bertz CT molecular complexity index is 920. The number of rotatable bonds is 46. The van der Waals surface area contributed by atoms with Gasteiger partial charge in [-0.3, -0.25) is 18.6 Å². The maximum absolute atomic E-state index is 12.6. The van der Waals surface area contributed by atoms with Gasteiger partial charge in [-0.15, -0.1) is 0 Å². The van der Waals surface area contributed by atoms with Crippen LogP contribution >= 0.6 is 7.82 Å². The molecular weight excluding hydrogens is 743 g/mol. The van der Waals surface area contributed by atoms with E-state index >= 15 is 0 Å². The van der Waals surface area contributed by atoms with Crippen molar-refractivity contribution in [2.45, 2.75) is 257 Å². The summed E-state index contributed by atoms with van der Waals surface area (Å²) >= 11 is 0. The van der Waals surface area contributed by atoms with Gasteiger partial charge in [0.05, 0.1) is 19.8 Å². The number of phosphoric acid groups is 1.